The minimum atomic E-state index is -0.183. The van der Waals surface area contributed by atoms with Crippen LogP contribution in [0.3, 0.4) is 0 Å². The molecule has 0 fully saturated rings. The van der Waals surface area contributed by atoms with Gasteiger partial charge in [-0.15, -0.1) is 11.3 Å². The second-order valence-corrected chi connectivity index (χ2v) is 7.88. The molecular weight excluding hydrogens is 332 g/mol. The second kappa shape index (κ2) is 6.71. The summed E-state index contributed by atoms with van der Waals surface area (Å²) in [6.45, 7) is 4.89. The van der Waals surface area contributed by atoms with Crippen LogP contribution >= 0.6 is 11.3 Å². The maximum absolute atomic E-state index is 12.8. The smallest absolute Gasteiger partial charge is 0.256 e. The summed E-state index contributed by atoms with van der Waals surface area (Å²) in [5, 5.41) is 7.68. The van der Waals surface area contributed by atoms with Gasteiger partial charge in [0.2, 0.25) is 0 Å². The third kappa shape index (κ3) is 3.01. The van der Waals surface area contributed by atoms with Gasteiger partial charge in [-0.25, -0.2) is 0 Å². The van der Waals surface area contributed by atoms with E-state index in [1.807, 2.05) is 31.2 Å². The molecule has 0 bridgehead atoms. The van der Waals surface area contributed by atoms with E-state index in [1.165, 1.54) is 23.3 Å². The molecule has 1 amide bonds. The van der Waals surface area contributed by atoms with Gasteiger partial charge in [-0.05, 0) is 55.4 Å². The summed E-state index contributed by atoms with van der Waals surface area (Å²) in [4.78, 5) is 14.2. The largest absolute Gasteiger partial charge is 0.494 e. The van der Waals surface area contributed by atoms with Gasteiger partial charge in [0, 0.05) is 4.88 Å². The Morgan fingerprint density at radius 3 is 2.72 bits per heavy atom. The highest BCUT2D eigenvalue weighted by atomic mass is 32.1. The number of benzene rings is 1. The Balaban J connectivity index is 1.59. The van der Waals surface area contributed by atoms with E-state index in [0.29, 0.717) is 6.61 Å². The van der Waals surface area contributed by atoms with Crippen LogP contribution in [0.5, 0.6) is 5.75 Å². The van der Waals surface area contributed by atoms with Crippen molar-refractivity contribution < 1.29 is 9.53 Å². The van der Waals surface area contributed by atoms with E-state index in [1.54, 1.807) is 11.3 Å². The van der Waals surface area contributed by atoms with Gasteiger partial charge in [-0.3, -0.25) is 4.79 Å². The van der Waals surface area contributed by atoms with Crippen molar-refractivity contribution in [2.75, 3.05) is 11.9 Å². The van der Waals surface area contributed by atoms with Crippen LogP contribution in [0.25, 0.3) is 0 Å². The van der Waals surface area contributed by atoms with Gasteiger partial charge >= 0.3 is 0 Å². The fourth-order valence-corrected chi connectivity index (χ4v) is 5.19. The van der Waals surface area contributed by atoms with Crippen molar-refractivity contribution >= 4 is 22.2 Å². The molecule has 0 spiro atoms. The predicted molar refractivity (Wildman–Crippen MR) is 102 cm³/mol. The molecule has 0 saturated heterocycles. The number of ether oxygens (including phenoxy) is 1. The fourth-order valence-electron chi connectivity index (χ4n) is 3.80. The third-order valence-electron chi connectivity index (χ3n) is 5.25. The lowest BCUT2D eigenvalue weighted by Crippen LogP contribution is -2.38. The molecule has 132 valence electrons. The third-order valence-corrected chi connectivity index (χ3v) is 6.43. The number of anilines is 1. The maximum Gasteiger partial charge on any atom is 0.256 e. The first-order valence-electron chi connectivity index (χ1n) is 9.14. The molecule has 1 aliphatic heterocycles. The van der Waals surface area contributed by atoms with Crippen molar-refractivity contribution in [1.29, 1.82) is 0 Å². The summed E-state index contributed by atoms with van der Waals surface area (Å²) in [6.07, 6.45) is 4.38. The number of nitrogens with one attached hydrogen (secondary N) is 2. The van der Waals surface area contributed by atoms with Crippen molar-refractivity contribution in [2.24, 2.45) is 5.92 Å². The molecule has 0 saturated carbocycles. The molecule has 5 heteroatoms. The highest BCUT2D eigenvalue weighted by molar-refractivity contribution is 7.16. The minimum absolute atomic E-state index is 0.0556. The molecular formula is C20H24N2O2S. The van der Waals surface area contributed by atoms with E-state index < -0.39 is 0 Å². The first-order valence-corrected chi connectivity index (χ1v) is 9.96. The lowest BCUT2D eigenvalue weighted by Gasteiger charge is -2.27. The maximum atomic E-state index is 12.8. The highest BCUT2D eigenvalue weighted by Crippen LogP contribution is 2.43. The van der Waals surface area contributed by atoms with Gasteiger partial charge in [0.15, 0.2) is 0 Å². The summed E-state index contributed by atoms with van der Waals surface area (Å²) in [7, 11) is 0. The number of fused-ring (bicyclic) bond motifs is 3. The number of carbonyl (C=O) groups excluding carboxylic acids is 1. The van der Waals surface area contributed by atoms with Gasteiger partial charge in [-0.1, -0.05) is 25.5 Å². The molecule has 1 aliphatic carbocycles. The van der Waals surface area contributed by atoms with Crippen LogP contribution in [0.4, 0.5) is 5.00 Å². The van der Waals surface area contributed by atoms with Crippen molar-refractivity contribution in [1.82, 2.24) is 5.32 Å². The lowest BCUT2D eigenvalue weighted by molar-refractivity contribution is 0.0935. The minimum Gasteiger partial charge on any atom is -0.494 e. The molecule has 2 aliphatic rings. The molecule has 2 aromatic rings. The normalized spacial score (nSPS) is 21.8. The zero-order valence-electron chi connectivity index (χ0n) is 14.7. The monoisotopic (exact) mass is 356 g/mol. The highest BCUT2D eigenvalue weighted by Gasteiger charge is 2.33. The van der Waals surface area contributed by atoms with Crippen LogP contribution in [0.2, 0.25) is 0 Å². The molecule has 2 N–H and O–H groups in total. The van der Waals surface area contributed by atoms with Gasteiger partial charge < -0.3 is 15.4 Å². The average molecular weight is 356 g/mol. The van der Waals surface area contributed by atoms with Crippen LogP contribution in [0, 0.1) is 5.92 Å². The van der Waals surface area contributed by atoms with Crippen LogP contribution in [0.15, 0.2) is 24.3 Å². The molecule has 0 radical (unpaired) electrons. The Kier molecular flexibility index (Phi) is 4.42. The summed E-state index contributed by atoms with van der Waals surface area (Å²) in [5.74, 6) is 1.67. The average Bonchev–Trinajstić information content (AvgIpc) is 3.00. The number of thiophene rings is 1. The predicted octanol–water partition coefficient (Wildman–Crippen LogP) is 4.52. The number of carbonyl (C=O) groups is 1. The van der Waals surface area contributed by atoms with Crippen LogP contribution in [-0.4, -0.2) is 12.5 Å². The summed E-state index contributed by atoms with van der Waals surface area (Å²) in [6, 6.07) is 7.92. The molecule has 4 rings (SSSR count). The van der Waals surface area contributed by atoms with Crippen molar-refractivity contribution in [2.45, 2.75) is 45.7 Å². The molecule has 2 heterocycles. The van der Waals surface area contributed by atoms with E-state index >= 15 is 0 Å². The molecule has 4 nitrogen and oxygen atoms in total. The number of rotatable bonds is 4. The summed E-state index contributed by atoms with van der Waals surface area (Å²) in [5.41, 5.74) is 3.21. The SMILES string of the molecule is CCOc1ccc([C@@H]2NC(=O)c3c(sc4c3CC[C@@H](CC)C4)N2)cc1. The van der Waals surface area contributed by atoms with E-state index in [2.05, 4.69) is 17.6 Å². The Hall–Kier alpha value is -2.01. The first kappa shape index (κ1) is 16.5. The van der Waals surface area contributed by atoms with Crippen molar-refractivity contribution in [3.8, 4) is 5.75 Å². The fraction of sp³-hybridized carbons (Fsp3) is 0.450. The van der Waals surface area contributed by atoms with E-state index in [-0.39, 0.29) is 12.1 Å². The number of amides is 1. The van der Waals surface area contributed by atoms with Gasteiger partial charge in [0.05, 0.1) is 12.2 Å². The summed E-state index contributed by atoms with van der Waals surface area (Å²) < 4.78 is 5.50. The van der Waals surface area contributed by atoms with Gasteiger partial charge in [0.25, 0.3) is 5.91 Å². The number of hydrogen-bond acceptors (Lipinski definition) is 4. The number of hydrogen-bond donors (Lipinski definition) is 2. The molecule has 1 aromatic heterocycles. The Labute approximate surface area is 152 Å². The van der Waals surface area contributed by atoms with E-state index in [0.717, 1.165) is 40.6 Å². The van der Waals surface area contributed by atoms with Crippen LogP contribution in [0.1, 0.15) is 59.2 Å². The zero-order chi connectivity index (χ0) is 17.4. The zero-order valence-corrected chi connectivity index (χ0v) is 15.5. The molecule has 25 heavy (non-hydrogen) atoms. The molecule has 2 atom stereocenters. The quantitative estimate of drug-likeness (QED) is 0.847. The van der Waals surface area contributed by atoms with Gasteiger partial charge in [0.1, 0.15) is 16.9 Å². The molecule has 1 aromatic carbocycles. The van der Waals surface area contributed by atoms with Gasteiger partial charge in [-0.2, -0.15) is 0 Å². The topological polar surface area (TPSA) is 50.4 Å². The standard InChI is InChI=1S/C20H24N2O2S/c1-3-12-5-10-15-16(11-12)25-20-17(15)19(23)21-18(22-20)13-6-8-14(9-7-13)24-4-2/h6-9,12,18,22H,3-5,10-11H2,1-2H3,(H,21,23)/t12-,18-/m1/s1. The van der Waals surface area contributed by atoms with Crippen molar-refractivity contribution in [3.63, 3.8) is 0 Å². The Bertz CT molecular complexity index is 782. The molecule has 0 unspecified atom stereocenters. The van der Waals surface area contributed by atoms with E-state index in [4.69, 9.17) is 4.74 Å². The first-order chi connectivity index (χ1) is 12.2. The Morgan fingerprint density at radius 2 is 2.00 bits per heavy atom. The second-order valence-electron chi connectivity index (χ2n) is 6.78. The van der Waals surface area contributed by atoms with Crippen LogP contribution in [-0.2, 0) is 12.8 Å². The van der Waals surface area contributed by atoms with Crippen molar-refractivity contribution in [3.05, 3.63) is 45.8 Å². The Morgan fingerprint density at radius 1 is 1.20 bits per heavy atom. The van der Waals surface area contributed by atoms with E-state index in [9.17, 15) is 4.79 Å². The summed E-state index contributed by atoms with van der Waals surface area (Å²) >= 11 is 1.77. The van der Waals surface area contributed by atoms with Crippen LogP contribution < -0.4 is 15.4 Å². The lowest BCUT2D eigenvalue weighted by atomic mass is 9.85.